The zero-order chi connectivity index (χ0) is 21.8. The van der Waals surface area contributed by atoms with Gasteiger partial charge in [-0.25, -0.2) is 4.98 Å². The van der Waals surface area contributed by atoms with Crippen molar-refractivity contribution in [1.82, 2.24) is 24.7 Å². The van der Waals surface area contributed by atoms with Crippen LogP contribution < -0.4 is 4.90 Å². The third-order valence-corrected chi connectivity index (χ3v) is 6.45. The summed E-state index contributed by atoms with van der Waals surface area (Å²) < 4.78 is 11.4. The number of H-pyrrole nitrogens is 1. The largest absolute Gasteiger partial charge is 0.481 e. The summed E-state index contributed by atoms with van der Waals surface area (Å²) in [5.74, 6) is 0.868. The van der Waals surface area contributed by atoms with E-state index in [1.54, 1.807) is 20.5 Å². The molecule has 0 radical (unpaired) electrons. The molecule has 0 amide bonds. The number of benzene rings is 1. The first kappa shape index (κ1) is 27.4. The maximum absolute atomic E-state index is 6.34. The van der Waals surface area contributed by atoms with Gasteiger partial charge in [0.1, 0.15) is 6.23 Å². The molecule has 1 fully saturated rings. The van der Waals surface area contributed by atoms with E-state index in [0.717, 1.165) is 68.1 Å². The van der Waals surface area contributed by atoms with Crippen molar-refractivity contribution >= 4 is 42.1 Å². The second kappa shape index (κ2) is 12.6. The van der Waals surface area contributed by atoms with Crippen LogP contribution in [-0.4, -0.2) is 84.5 Å². The molecule has 1 aromatic carbocycles. The maximum Gasteiger partial charge on any atom is 0.207 e. The fraction of sp³-hybridized carbons (Fsp3) is 0.500. The molecule has 4 rings (SSSR count). The molecule has 2 aromatic rings. The van der Waals surface area contributed by atoms with Gasteiger partial charge in [0, 0.05) is 50.2 Å². The average molecular weight is 520 g/mol. The molecule has 0 aliphatic carbocycles. The lowest BCUT2D eigenvalue weighted by Crippen LogP contribution is -2.55. The van der Waals surface area contributed by atoms with E-state index in [0.29, 0.717) is 0 Å². The number of nitrogens with one attached hydrogen (secondary N) is 1. The van der Waals surface area contributed by atoms with Crippen molar-refractivity contribution in [2.75, 3.05) is 58.5 Å². The van der Waals surface area contributed by atoms with Gasteiger partial charge in [-0.15, -0.1) is 24.8 Å². The number of anilines is 1. The molecule has 0 bridgehead atoms. The van der Waals surface area contributed by atoms with Crippen molar-refractivity contribution in [3.8, 4) is 0 Å². The number of hydrogen-bond acceptors (Lipinski definition) is 7. The number of aromatic amines is 1. The number of halogens is 3. The number of nitrogens with zero attached hydrogens (tertiary/aromatic N) is 5. The maximum atomic E-state index is 6.34. The minimum Gasteiger partial charge on any atom is -0.481 e. The van der Waals surface area contributed by atoms with Crippen molar-refractivity contribution in [3.63, 3.8) is 0 Å². The Balaban J connectivity index is 0.00000193. The summed E-state index contributed by atoms with van der Waals surface area (Å²) in [7, 11) is 3.50. The highest BCUT2D eigenvalue weighted by atomic mass is 35.5. The molecular weight excluding hydrogens is 487 g/mol. The standard InChI is InChI=1S/C22H31ClN6O2.2ClH/c1-17-19(23)5-4-6-20(17)28-10-9-27(22(14-28)31-3)8-7-26-13-21(30-2)29(16-26)12-18-11-24-15-25-18;;/h4-6,11,13,15,22H,7-10,12,14,16H2,1-3H3,(H,24,25);2*1H. The van der Waals surface area contributed by atoms with Crippen molar-refractivity contribution in [3.05, 3.63) is 59.1 Å². The second-order valence-electron chi connectivity index (χ2n) is 7.94. The molecule has 1 N–H and O–H groups in total. The van der Waals surface area contributed by atoms with E-state index >= 15 is 0 Å². The molecule has 33 heavy (non-hydrogen) atoms. The Labute approximate surface area is 213 Å². The molecule has 11 heteroatoms. The summed E-state index contributed by atoms with van der Waals surface area (Å²) in [4.78, 5) is 16.6. The van der Waals surface area contributed by atoms with Gasteiger partial charge in [-0.1, -0.05) is 17.7 Å². The minimum atomic E-state index is 0. The predicted molar refractivity (Wildman–Crippen MR) is 136 cm³/mol. The molecule has 1 saturated heterocycles. The van der Waals surface area contributed by atoms with Crippen LogP contribution in [0.5, 0.6) is 0 Å². The molecular formula is C22H33Cl3N6O2. The lowest BCUT2D eigenvalue weighted by Gasteiger charge is -2.42. The van der Waals surface area contributed by atoms with Gasteiger partial charge in [0.15, 0.2) is 0 Å². The highest BCUT2D eigenvalue weighted by Crippen LogP contribution is 2.28. The van der Waals surface area contributed by atoms with Crippen LogP contribution in [-0.2, 0) is 16.0 Å². The third kappa shape index (κ3) is 6.39. The molecule has 1 unspecified atom stereocenters. The first-order valence-corrected chi connectivity index (χ1v) is 11.0. The zero-order valence-corrected chi connectivity index (χ0v) is 21.6. The number of aromatic nitrogens is 2. The van der Waals surface area contributed by atoms with Crippen LogP contribution in [0.4, 0.5) is 5.69 Å². The topological polar surface area (TPSA) is 60.1 Å². The van der Waals surface area contributed by atoms with Crippen LogP contribution in [0.3, 0.4) is 0 Å². The van der Waals surface area contributed by atoms with Crippen molar-refractivity contribution < 1.29 is 9.47 Å². The molecule has 2 aliphatic rings. The molecule has 1 aromatic heterocycles. The second-order valence-corrected chi connectivity index (χ2v) is 8.35. The van der Waals surface area contributed by atoms with Crippen LogP contribution in [0.25, 0.3) is 0 Å². The Bertz CT molecular complexity index is 898. The van der Waals surface area contributed by atoms with Crippen molar-refractivity contribution in [2.45, 2.75) is 19.7 Å². The van der Waals surface area contributed by atoms with E-state index in [1.165, 1.54) is 5.69 Å². The molecule has 8 nitrogen and oxygen atoms in total. The van der Waals surface area contributed by atoms with E-state index < -0.39 is 0 Å². The SMILES string of the molecule is COC1=CN(CCN2CCN(c3cccc(Cl)c3C)CC2OC)CN1Cc1c[nH]cn1.Cl.Cl. The summed E-state index contributed by atoms with van der Waals surface area (Å²) in [5.41, 5.74) is 3.31. The Kier molecular flexibility index (Phi) is 10.4. The van der Waals surface area contributed by atoms with Gasteiger partial charge in [-0.2, -0.15) is 0 Å². The highest BCUT2D eigenvalue weighted by Gasteiger charge is 2.29. The minimum absolute atomic E-state index is 0. The van der Waals surface area contributed by atoms with Gasteiger partial charge in [0.25, 0.3) is 0 Å². The lowest BCUT2D eigenvalue weighted by atomic mass is 10.1. The van der Waals surface area contributed by atoms with Crippen molar-refractivity contribution in [1.29, 1.82) is 0 Å². The summed E-state index contributed by atoms with van der Waals surface area (Å²) in [6, 6.07) is 6.09. The van der Waals surface area contributed by atoms with E-state index in [9.17, 15) is 0 Å². The van der Waals surface area contributed by atoms with Crippen LogP contribution in [0, 0.1) is 6.92 Å². The number of hydrogen-bond donors (Lipinski definition) is 1. The van der Waals surface area contributed by atoms with Gasteiger partial charge in [-0.3, -0.25) is 4.90 Å². The van der Waals surface area contributed by atoms with E-state index in [1.807, 2.05) is 18.3 Å². The normalized spacial score (nSPS) is 18.6. The predicted octanol–water partition coefficient (Wildman–Crippen LogP) is 3.53. The number of ether oxygens (including phenoxy) is 2. The fourth-order valence-electron chi connectivity index (χ4n) is 4.27. The molecule has 1 atom stereocenters. The fourth-order valence-corrected chi connectivity index (χ4v) is 4.44. The van der Waals surface area contributed by atoms with Crippen molar-refractivity contribution in [2.24, 2.45) is 0 Å². The lowest BCUT2D eigenvalue weighted by molar-refractivity contribution is -0.0400. The van der Waals surface area contributed by atoms with E-state index in [-0.39, 0.29) is 31.0 Å². The van der Waals surface area contributed by atoms with Gasteiger partial charge >= 0.3 is 0 Å². The summed E-state index contributed by atoms with van der Waals surface area (Å²) in [5, 5.41) is 0.808. The quantitative estimate of drug-likeness (QED) is 0.572. The van der Waals surface area contributed by atoms with E-state index in [2.05, 4.69) is 48.8 Å². The first-order valence-electron chi connectivity index (χ1n) is 10.6. The Morgan fingerprint density at radius 1 is 1.18 bits per heavy atom. The molecule has 0 saturated carbocycles. The Hall–Kier alpha value is -1.84. The van der Waals surface area contributed by atoms with Gasteiger partial charge in [-0.05, 0) is 24.6 Å². The summed E-state index contributed by atoms with van der Waals surface area (Å²) in [6.45, 7) is 8.12. The van der Waals surface area contributed by atoms with Gasteiger partial charge in [0.2, 0.25) is 5.88 Å². The zero-order valence-electron chi connectivity index (χ0n) is 19.2. The Morgan fingerprint density at radius 2 is 2.00 bits per heavy atom. The van der Waals surface area contributed by atoms with Crippen LogP contribution in [0.15, 0.2) is 42.8 Å². The Morgan fingerprint density at radius 3 is 2.70 bits per heavy atom. The molecule has 0 spiro atoms. The smallest absolute Gasteiger partial charge is 0.207 e. The third-order valence-electron chi connectivity index (χ3n) is 6.04. The summed E-state index contributed by atoms with van der Waals surface area (Å²) in [6.07, 6.45) is 5.75. The number of piperazine rings is 1. The first-order chi connectivity index (χ1) is 15.1. The van der Waals surface area contributed by atoms with Gasteiger partial charge in [0.05, 0.1) is 45.1 Å². The van der Waals surface area contributed by atoms with Crippen LogP contribution in [0.2, 0.25) is 5.02 Å². The van der Waals surface area contributed by atoms with Gasteiger partial charge < -0.3 is 29.2 Å². The molecule has 184 valence electrons. The number of imidazole rings is 1. The van der Waals surface area contributed by atoms with Crippen LogP contribution >= 0.6 is 36.4 Å². The van der Waals surface area contributed by atoms with E-state index in [4.69, 9.17) is 21.1 Å². The number of methoxy groups -OCH3 is 2. The molecule has 2 aliphatic heterocycles. The monoisotopic (exact) mass is 518 g/mol. The van der Waals surface area contributed by atoms with Crippen LogP contribution in [0.1, 0.15) is 11.3 Å². The average Bonchev–Trinajstić information content (AvgIpc) is 3.44. The number of rotatable bonds is 8. The molecule has 3 heterocycles. The highest BCUT2D eigenvalue weighted by molar-refractivity contribution is 6.31. The summed E-state index contributed by atoms with van der Waals surface area (Å²) >= 11 is 6.34.